The lowest BCUT2D eigenvalue weighted by atomic mass is 9.80. The molecule has 1 amide bonds. The van der Waals surface area contributed by atoms with Gasteiger partial charge in [-0.3, -0.25) is 0 Å². The van der Waals surface area contributed by atoms with Gasteiger partial charge in [-0.15, -0.1) is 0 Å². The van der Waals surface area contributed by atoms with Crippen LogP contribution in [0.4, 0.5) is 4.79 Å². The highest BCUT2D eigenvalue weighted by Crippen LogP contribution is 2.45. The lowest BCUT2D eigenvalue weighted by molar-refractivity contribution is 0.0844. The molecule has 1 aliphatic heterocycles. The second kappa shape index (κ2) is 5.55. The van der Waals surface area contributed by atoms with E-state index in [1.54, 1.807) is 4.90 Å². The zero-order valence-corrected chi connectivity index (χ0v) is 15.6. The minimum atomic E-state index is -0.827. The van der Waals surface area contributed by atoms with Gasteiger partial charge in [-0.05, 0) is 30.4 Å². The van der Waals surface area contributed by atoms with Crippen LogP contribution in [0.5, 0.6) is 0 Å². The van der Waals surface area contributed by atoms with Gasteiger partial charge in [-0.2, -0.15) is 0 Å². The number of halogens is 1. The van der Waals surface area contributed by atoms with Crippen molar-refractivity contribution in [2.45, 2.75) is 39.7 Å². The number of hydrogen-bond acceptors (Lipinski definition) is 1. The van der Waals surface area contributed by atoms with E-state index < -0.39 is 6.09 Å². The summed E-state index contributed by atoms with van der Waals surface area (Å²) in [6.07, 6.45) is 0.943. The first-order valence-corrected chi connectivity index (χ1v) is 8.77. The standard InChI is InChI=1S/C18H23BrN2O2/c1-18(2,3)16-15-12-8-7-11(19)10-14(12)20(4)13(15)6-5-9-21(16)17(22)23/h7-8,10,16H,5-6,9H2,1-4H3,(H,22,23). The Labute approximate surface area is 145 Å². The highest BCUT2D eigenvalue weighted by atomic mass is 79.9. The molecule has 0 fully saturated rings. The van der Waals surface area contributed by atoms with Crippen molar-refractivity contribution in [1.82, 2.24) is 9.47 Å². The minimum Gasteiger partial charge on any atom is -0.465 e. The molecule has 1 unspecified atom stereocenters. The van der Waals surface area contributed by atoms with Crippen LogP contribution in [0.1, 0.15) is 44.5 Å². The van der Waals surface area contributed by atoms with Crippen LogP contribution in [0, 0.1) is 5.41 Å². The zero-order chi connectivity index (χ0) is 16.9. The van der Waals surface area contributed by atoms with E-state index in [-0.39, 0.29) is 11.5 Å². The predicted molar refractivity (Wildman–Crippen MR) is 95.9 cm³/mol. The van der Waals surface area contributed by atoms with Gasteiger partial charge in [-0.25, -0.2) is 4.79 Å². The number of carboxylic acid groups (broad SMARTS) is 1. The lowest BCUT2D eigenvalue weighted by Crippen LogP contribution is -2.40. The monoisotopic (exact) mass is 378 g/mol. The van der Waals surface area contributed by atoms with Crippen molar-refractivity contribution in [1.29, 1.82) is 0 Å². The van der Waals surface area contributed by atoms with Gasteiger partial charge >= 0.3 is 6.09 Å². The van der Waals surface area contributed by atoms with Crippen molar-refractivity contribution in [3.8, 4) is 0 Å². The predicted octanol–water partition coefficient (Wildman–Crippen LogP) is 4.95. The average Bonchev–Trinajstić information content (AvgIpc) is 2.62. The number of hydrogen-bond donors (Lipinski definition) is 1. The zero-order valence-electron chi connectivity index (χ0n) is 14.1. The van der Waals surface area contributed by atoms with Gasteiger partial charge in [0.25, 0.3) is 0 Å². The van der Waals surface area contributed by atoms with E-state index in [1.165, 1.54) is 16.6 Å². The summed E-state index contributed by atoms with van der Waals surface area (Å²) in [4.78, 5) is 13.5. The van der Waals surface area contributed by atoms with Crippen molar-refractivity contribution >= 4 is 32.9 Å². The van der Waals surface area contributed by atoms with Crippen LogP contribution in [0.25, 0.3) is 10.9 Å². The van der Waals surface area contributed by atoms with Gasteiger partial charge < -0.3 is 14.6 Å². The van der Waals surface area contributed by atoms with E-state index in [4.69, 9.17) is 0 Å². The number of aromatic nitrogens is 1. The van der Waals surface area contributed by atoms with Crippen molar-refractivity contribution in [3.05, 3.63) is 33.9 Å². The van der Waals surface area contributed by atoms with Crippen LogP contribution in [0.2, 0.25) is 0 Å². The highest BCUT2D eigenvalue weighted by Gasteiger charge is 2.39. The van der Waals surface area contributed by atoms with Crippen molar-refractivity contribution in [3.63, 3.8) is 0 Å². The van der Waals surface area contributed by atoms with Crippen LogP contribution in [-0.2, 0) is 13.5 Å². The van der Waals surface area contributed by atoms with Gasteiger partial charge in [0.2, 0.25) is 0 Å². The topological polar surface area (TPSA) is 45.5 Å². The first kappa shape index (κ1) is 16.4. The Hall–Kier alpha value is -1.49. The number of rotatable bonds is 0. The average molecular weight is 379 g/mol. The second-order valence-corrected chi connectivity index (χ2v) is 8.34. The van der Waals surface area contributed by atoms with E-state index in [9.17, 15) is 9.90 Å². The number of carbonyl (C=O) groups is 1. The Balaban J connectivity index is 2.35. The molecule has 1 N–H and O–H groups in total. The number of aryl methyl sites for hydroxylation is 1. The fourth-order valence-corrected chi connectivity index (χ4v) is 4.26. The molecule has 0 spiro atoms. The molecule has 0 saturated carbocycles. The third-order valence-electron chi connectivity index (χ3n) is 4.79. The Morgan fingerprint density at radius 1 is 1.35 bits per heavy atom. The molecule has 1 aromatic heterocycles. The summed E-state index contributed by atoms with van der Waals surface area (Å²) >= 11 is 3.55. The molecule has 4 nitrogen and oxygen atoms in total. The maximum Gasteiger partial charge on any atom is 0.407 e. The summed E-state index contributed by atoms with van der Waals surface area (Å²) in [5.74, 6) is 0. The number of fused-ring (bicyclic) bond motifs is 3. The summed E-state index contributed by atoms with van der Waals surface area (Å²) in [6.45, 7) is 6.96. The summed E-state index contributed by atoms with van der Waals surface area (Å²) in [7, 11) is 2.09. The van der Waals surface area contributed by atoms with Gasteiger partial charge in [0.1, 0.15) is 0 Å². The molecule has 1 atom stereocenters. The molecule has 1 aliphatic rings. The first-order chi connectivity index (χ1) is 10.7. The Morgan fingerprint density at radius 2 is 2.04 bits per heavy atom. The summed E-state index contributed by atoms with van der Waals surface area (Å²) in [5.41, 5.74) is 3.44. The number of benzene rings is 1. The van der Waals surface area contributed by atoms with E-state index in [0.29, 0.717) is 6.54 Å². The quantitative estimate of drug-likeness (QED) is 0.704. The van der Waals surface area contributed by atoms with Gasteiger partial charge in [0.05, 0.1) is 6.04 Å². The molecule has 0 radical (unpaired) electrons. The SMILES string of the molecule is Cn1c2c(c3ccc(Br)cc31)C(C(C)(C)C)N(C(=O)O)CCC2. The smallest absolute Gasteiger partial charge is 0.407 e. The van der Waals surface area contributed by atoms with Crippen LogP contribution < -0.4 is 0 Å². The molecule has 124 valence electrons. The van der Waals surface area contributed by atoms with Crippen LogP contribution in [0.3, 0.4) is 0 Å². The molecular formula is C18H23BrN2O2. The molecule has 1 aromatic carbocycles. The van der Waals surface area contributed by atoms with Crippen molar-refractivity contribution in [2.24, 2.45) is 12.5 Å². The van der Waals surface area contributed by atoms with Gasteiger partial charge in [0, 0.05) is 40.2 Å². The molecule has 2 aromatic rings. The highest BCUT2D eigenvalue weighted by molar-refractivity contribution is 9.10. The fraction of sp³-hybridized carbons (Fsp3) is 0.500. The van der Waals surface area contributed by atoms with Crippen molar-refractivity contribution in [2.75, 3.05) is 6.54 Å². The Morgan fingerprint density at radius 3 is 2.65 bits per heavy atom. The largest absolute Gasteiger partial charge is 0.465 e. The molecule has 0 saturated heterocycles. The number of amides is 1. The normalized spacial score (nSPS) is 18.8. The summed E-state index contributed by atoms with van der Waals surface area (Å²) < 4.78 is 3.28. The van der Waals surface area contributed by atoms with E-state index in [0.717, 1.165) is 22.8 Å². The molecule has 5 heteroatoms. The third kappa shape index (κ3) is 2.65. The van der Waals surface area contributed by atoms with Crippen LogP contribution in [0.15, 0.2) is 22.7 Å². The maximum atomic E-state index is 11.9. The van der Waals surface area contributed by atoms with Crippen molar-refractivity contribution < 1.29 is 9.90 Å². The third-order valence-corrected chi connectivity index (χ3v) is 5.28. The summed E-state index contributed by atoms with van der Waals surface area (Å²) in [5, 5.41) is 10.9. The first-order valence-electron chi connectivity index (χ1n) is 7.98. The molecule has 0 aliphatic carbocycles. The molecular weight excluding hydrogens is 356 g/mol. The second-order valence-electron chi connectivity index (χ2n) is 7.43. The molecule has 23 heavy (non-hydrogen) atoms. The fourth-order valence-electron chi connectivity index (χ4n) is 3.91. The minimum absolute atomic E-state index is 0.137. The van der Waals surface area contributed by atoms with Crippen LogP contribution in [-0.4, -0.2) is 27.2 Å². The van der Waals surface area contributed by atoms with Crippen LogP contribution >= 0.6 is 15.9 Å². The molecule has 0 bridgehead atoms. The lowest BCUT2D eigenvalue weighted by Gasteiger charge is -2.38. The summed E-state index contributed by atoms with van der Waals surface area (Å²) in [6, 6.07) is 6.14. The number of nitrogens with zero attached hydrogens (tertiary/aromatic N) is 2. The Kier molecular flexibility index (Phi) is 3.95. The van der Waals surface area contributed by atoms with E-state index in [1.807, 2.05) is 6.07 Å². The van der Waals surface area contributed by atoms with Gasteiger partial charge in [0.15, 0.2) is 0 Å². The maximum absolute atomic E-state index is 11.9. The Bertz CT molecular complexity index is 773. The molecule has 2 heterocycles. The van der Waals surface area contributed by atoms with E-state index in [2.05, 4.69) is 60.4 Å². The van der Waals surface area contributed by atoms with Gasteiger partial charge in [-0.1, -0.05) is 42.8 Å². The van der Waals surface area contributed by atoms with E-state index >= 15 is 0 Å². The molecule has 3 rings (SSSR count).